The van der Waals surface area contributed by atoms with Crippen molar-refractivity contribution in [2.45, 2.75) is 52.4 Å². The summed E-state index contributed by atoms with van der Waals surface area (Å²) in [6.07, 6.45) is 0. The molecule has 0 heterocycles. The molecule has 0 bridgehead atoms. The first-order valence-electron chi connectivity index (χ1n) is 5.78. The van der Waals surface area contributed by atoms with E-state index in [9.17, 15) is 4.39 Å². The minimum Gasteiger partial charge on any atom is -0.207 e. The highest BCUT2D eigenvalue weighted by molar-refractivity contribution is 5.54. The second kappa shape index (κ2) is 3.33. The van der Waals surface area contributed by atoms with E-state index in [0.717, 1.165) is 5.56 Å². The zero-order valence-electron chi connectivity index (χ0n) is 10.2. The third-order valence-corrected chi connectivity index (χ3v) is 3.93. The van der Waals surface area contributed by atoms with E-state index < -0.39 is 0 Å². The standard InChI is InChI=1S/C14H19F/c1-7(2)11-6-12(15)10(5)13-8(3)9(4)14(11)13/h6-9H,1-5H3. The van der Waals surface area contributed by atoms with Crippen molar-refractivity contribution in [3.63, 3.8) is 0 Å². The van der Waals surface area contributed by atoms with Crippen molar-refractivity contribution in [3.8, 4) is 0 Å². The molecule has 1 heteroatoms. The summed E-state index contributed by atoms with van der Waals surface area (Å²) in [7, 11) is 0. The van der Waals surface area contributed by atoms with Crippen molar-refractivity contribution < 1.29 is 4.39 Å². The molecule has 0 N–H and O–H groups in total. The molecule has 0 amide bonds. The van der Waals surface area contributed by atoms with E-state index in [1.807, 2.05) is 6.92 Å². The van der Waals surface area contributed by atoms with Gasteiger partial charge in [0.15, 0.2) is 0 Å². The first kappa shape index (κ1) is 10.7. The quantitative estimate of drug-likeness (QED) is 0.635. The largest absolute Gasteiger partial charge is 0.207 e. The first-order valence-corrected chi connectivity index (χ1v) is 5.78. The molecule has 0 saturated heterocycles. The van der Waals surface area contributed by atoms with Crippen LogP contribution in [0.3, 0.4) is 0 Å². The molecule has 0 nitrogen and oxygen atoms in total. The Balaban J connectivity index is 2.67. The summed E-state index contributed by atoms with van der Waals surface area (Å²) in [6, 6.07) is 1.74. The predicted molar refractivity (Wildman–Crippen MR) is 62.1 cm³/mol. The lowest BCUT2D eigenvalue weighted by Crippen LogP contribution is -2.24. The van der Waals surface area contributed by atoms with Crippen LogP contribution in [-0.4, -0.2) is 0 Å². The van der Waals surface area contributed by atoms with Gasteiger partial charge in [0, 0.05) is 0 Å². The molecule has 0 saturated carbocycles. The molecule has 1 aromatic rings. The van der Waals surface area contributed by atoms with Crippen LogP contribution in [0.2, 0.25) is 0 Å². The minimum atomic E-state index is -0.0313. The molecule has 1 aliphatic rings. The number of benzene rings is 1. The number of halogens is 1. The number of hydrogen-bond acceptors (Lipinski definition) is 0. The lowest BCUT2D eigenvalue weighted by molar-refractivity contribution is 0.509. The van der Waals surface area contributed by atoms with E-state index in [-0.39, 0.29) is 5.82 Å². The second-order valence-corrected chi connectivity index (χ2v) is 5.13. The van der Waals surface area contributed by atoms with Crippen LogP contribution in [0.25, 0.3) is 0 Å². The fourth-order valence-corrected chi connectivity index (χ4v) is 2.79. The van der Waals surface area contributed by atoms with Crippen LogP contribution in [0.1, 0.15) is 67.7 Å². The molecule has 1 aliphatic carbocycles. The maximum atomic E-state index is 13.7. The van der Waals surface area contributed by atoms with Crippen LogP contribution in [0.15, 0.2) is 6.07 Å². The monoisotopic (exact) mass is 206 g/mol. The highest BCUT2D eigenvalue weighted by atomic mass is 19.1. The van der Waals surface area contributed by atoms with E-state index in [1.165, 1.54) is 16.7 Å². The summed E-state index contributed by atoms with van der Waals surface area (Å²) in [4.78, 5) is 0. The Morgan fingerprint density at radius 2 is 1.67 bits per heavy atom. The maximum Gasteiger partial charge on any atom is 0.126 e. The van der Waals surface area contributed by atoms with Gasteiger partial charge in [0.2, 0.25) is 0 Å². The third kappa shape index (κ3) is 1.32. The molecule has 0 radical (unpaired) electrons. The van der Waals surface area contributed by atoms with Gasteiger partial charge in [0.1, 0.15) is 5.82 Å². The van der Waals surface area contributed by atoms with Crippen LogP contribution >= 0.6 is 0 Å². The van der Waals surface area contributed by atoms with Gasteiger partial charge in [0.05, 0.1) is 0 Å². The van der Waals surface area contributed by atoms with Gasteiger partial charge in [-0.2, -0.15) is 0 Å². The number of rotatable bonds is 1. The highest BCUT2D eigenvalue weighted by Gasteiger charge is 2.36. The average Bonchev–Trinajstić information content (AvgIpc) is 2.19. The van der Waals surface area contributed by atoms with Crippen LogP contribution in [-0.2, 0) is 0 Å². The molecule has 2 unspecified atom stereocenters. The molecular formula is C14H19F. The number of hydrogen-bond donors (Lipinski definition) is 0. The molecule has 1 aromatic carbocycles. The van der Waals surface area contributed by atoms with Gasteiger partial charge in [-0.05, 0) is 53.0 Å². The topological polar surface area (TPSA) is 0 Å². The van der Waals surface area contributed by atoms with Crippen molar-refractivity contribution in [1.82, 2.24) is 0 Å². The Morgan fingerprint density at radius 3 is 2.20 bits per heavy atom. The predicted octanol–water partition coefficient (Wildman–Crippen LogP) is 4.48. The fraction of sp³-hybridized carbons (Fsp3) is 0.571. The van der Waals surface area contributed by atoms with E-state index >= 15 is 0 Å². The smallest absolute Gasteiger partial charge is 0.126 e. The molecule has 82 valence electrons. The Hall–Kier alpha value is -0.850. The van der Waals surface area contributed by atoms with E-state index in [4.69, 9.17) is 0 Å². The number of fused-ring (bicyclic) bond motifs is 1. The van der Waals surface area contributed by atoms with Gasteiger partial charge in [0.25, 0.3) is 0 Å². The summed E-state index contributed by atoms with van der Waals surface area (Å²) < 4.78 is 13.7. The molecule has 0 fully saturated rings. The summed E-state index contributed by atoms with van der Waals surface area (Å²) >= 11 is 0. The summed E-state index contributed by atoms with van der Waals surface area (Å²) in [5, 5.41) is 0. The SMILES string of the molecule is Cc1c(F)cc(C(C)C)c2c1C(C)C2C. The highest BCUT2D eigenvalue weighted by Crippen LogP contribution is 2.51. The Bertz CT molecular complexity index is 404. The van der Waals surface area contributed by atoms with Crippen molar-refractivity contribution in [1.29, 1.82) is 0 Å². The Kier molecular flexibility index (Phi) is 2.37. The van der Waals surface area contributed by atoms with Crippen molar-refractivity contribution in [2.75, 3.05) is 0 Å². The van der Waals surface area contributed by atoms with Gasteiger partial charge in [-0.15, -0.1) is 0 Å². The molecule has 0 aromatic heterocycles. The van der Waals surface area contributed by atoms with Gasteiger partial charge < -0.3 is 0 Å². The fourth-order valence-electron chi connectivity index (χ4n) is 2.79. The zero-order chi connectivity index (χ0) is 11.3. The third-order valence-electron chi connectivity index (χ3n) is 3.93. The van der Waals surface area contributed by atoms with Crippen LogP contribution in [0.5, 0.6) is 0 Å². The Labute approximate surface area is 91.5 Å². The minimum absolute atomic E-state index is 0.0313. The summed E-state index contributed by atoms with van der Waals surface area (Å²) in [6.45, 7) is 10.6. The van der Waals surface area contributed by atoms with Crippen molar-refractivity contribution in [3.05, 3.63) is 34.1 Å². The molecular weight excluding hydrogens is 187 g/mol. The summed E-state index contributed by atoms with van der Waals surface area (Å²) in [5.74, 6) is 1.50. The normalized spacial score (nSPS) is 23.9. The van der Waals surface area contributed by atoms with Crippen LogP contribution in [0.4, 0.5) is 4.39 Å². The lowest BCUT2D eigenvalue weighted by Gasteiger charge is -2.39. The van der Waals surface area contributed by atoms with Gasteiger partial charge in [-0.3, -0.25) is 0 Å². The molecule has 2 atom stereocenters. The van der Waals surface area contributed by atoms with E-state index in [1.54, 1.807) is 6.07 Å². The zero-order valence-corrected chi connectivity index (χ0v) is 10.2. The first-order chi connectivity index (χ1) is 6.95. The molecule has 15 heavy (non-hydrogen) atoms. The van der Waals surface area contributed by atoms with Crippen molar-refractivity contribution in [2.24, 2.45) is 0 Å². The summed E-state index contributed by atoms with van der Waals surface area (Å²) in [5.41, 5.74) is 4.75. The molecule has 0 aliphatic heterocycles. The van der Waals surface area contributed by atoms with E-state index in [0.29, 0.717) is 17.8 Å². The van der Waals surface area contributed by atoms with Gasteiger partial charge >= 0.3 is 0 Å². The maximum absolute atomic E-state index is 13.7. The average molecular weight is 206 g/mol. The lowest BCUT2D eigenvalue weighted by atomic mass is 9.65. The van der Waals surface area contributed by atoms with Crippen LogP contribution < -0.4 is 0 Å². The van der Waals surface area contributed by atoms with Gasteiger partial charge in [-0.1, -0.05) is 27.7 Å². The molecule has 0 spiro atoms. The van der Waals surface area contributed by atoms with Gasteiger partial charge in [-0.25, -0.2) is 4.39 Å². The van der Waals surface area contributed by atoms with Crippen molar-refractivity contribution >= 4 is 0 Å². The second-order valence-electron chi connectivity index (χ2n) is 5.13. The van der Waals surface area contributed by atoms with E-state index in [2.05, 4.69) is 27.7 Å². The van der Waals surface area contributed by atoms with Crippen LogP contribution in [0, 0.1) is 12.7 Å². The molecule has 2 rings (SSSR count). The Morgan fingerprint density at radius 1 is 1.13 bits per heavy atom.